The van der Waals surface area contributed by atoms with Gasteiger partial charge in [0, 0.05) is 19.5 Å². The maximum Gasteiger partial charge on any atom is 0.410 e. The first-order chi connectivity index (χ1) is 13.3. The van der Waals surface area contributed by atoms with Gasteiger partial charge in [-0.3, -0.25) is 4.79 Å². The van der Waals surface area contributed by atoms with Crippen LogP contribution >= 0.6 is 0 Å². The average Bonchev–Trinajstić information content (AvgIpc) is 2.65. The van der Waals surface area contributed by atoms with E-state index < -0.39 is 11.7 Å². The van der Waals surface area contributed by atoms with Crippen molar-refractivity contribution < 1.29 is 14.3 Å². The van der Waals surface area contributed by atoms with Crippen LogP contribution in [0.5, 0.6) is 0 Å². The quantitative estimate of drug-likeness (QED) is 0.781. The molecule has 150 valence electrons. The van der Waals surface area contributed by atoms with E-state index in [1.165, 1.54) is 16.0 Å². The molecule has 0 bridgehead atoms. The monoisotopic (exact) mass is 382 g/mol. The summed E-state index contributed by atoms with van der Waals surface area (Å²) >= 11 is 0. The van der Waals surface area contributed by atoms with E-state index >= 15 is 0 Å². The largest absolute Gasteiger partial charge is 0.444 e. The number of amides is 2. The Morgan fingerprint density at radius 2 is 1.46 bits per heavy atom. The Labute approximate surface area is 167 Å². The first-order valence-electron chi connectivity index (χ1n) is 9.57. The van der Waals surface area contributed by atoms with E-state index in [9.17, 15) is 9.59 Å². The van der Waals surface area contributed by atoms with Crippen LogP contribution in [0.2, 0.25) is 0 Å². The number of carbonyl (C=O) groups is 2. The molecule has 0 heterocycles. The number of hydrogen-bond donors (Lipinski definition) is 1. The van der Waals surface area contributed by atoms with Crippen molar-refractivity contribution in [1.82, 2.24) is 10.2 Å². The predicted molar refractivity (Wildman–Crippen MR) is 111 cm³/mol. The van der Waals surface area contributed by atoms with E-state index in [0.29, 0.717) is 6.54 Å². The van der Waals surface area contributed by atoms with Gasteiger partial charge >= 0.3 is 6.09 Å². The van der Waals surface area contributed by atoms with Gasteiger partial charge in [-0.15, -0.1) is 0 Å². The van der Waals surface area contributed by atoms with Crippen LogP contribution in [0.1, 0.15) is 44.2 Å². The zero-order valence-electron chi connectivity index (χ0n) is 17.1. The molecule has 0 aliphatic carbocycles. The predicted octanol–water partition coefficient (Wildman–Crippen LogP) is 4.19. The summed E-state index contributed by atoms with van der Waals surface area (Å²) in [4.78, 5) is 25.5. The van der Waals surface area contributed by atoms with Crippen LogP contribution in [0.15, 0.2) is 60.7 Å². The molecule has 2 rings (SSSR count). The first-order valence-corrected chi connectivity index (χ1v) is 9.57. The Morgan fingerprint density at radius 3 is 1.93 bits per heavy atom. The molecular weight excluding hydrogens is 352 g/mol. The Hall–Kier alpha value is -2.82. The average molecular weight is 383 g/mol. The van der Waals surface area contributed by atoms with Gasteiger partial charge in [-0.2, -0.15) is 0 Å². The van der Waals surface area contributed by atoms with E-state index in [2.05, 4.69) is 29.6 Å². The molecule has 0 saturated heterocycles. The lowest BCUT2D eigenvalue weighted by Gasteiger charge is -2.24. The molecule has 0 spiro atoms. The summed E-state index contributed by atoms with van der Waals surface area (Å²) in [7, 11) is 1.56. The van der Waals surface area contributed by atoms with Crippen molar-refractivity contribution in [2.24, 2.45) is 0 Å². The van der Waals surface area contributed by atoms with Crippen molar-refractivity contribution in [3.8, 4) is 0 Å². The lowest BCUT2D eigenvalue weighted by molar-refractivity contribution is -0.122. The van der Waals surface area contributed by atoms with E-state index in [1.54, 1.807) is 27.8 Å². The molecule has 2 aromatic carbocycles. The number of hydrogen-bond acceptors (Lipinski definition) is 3. The molecule has 2 amide bonds. The summed E-state index contributed by atoms with van der Waals surface area (Å²) in [5.41, 5.74) is 1.85. The normalized spacial score (nSPS) is 11.2. The molecule has 0 atom stereocenters. The standard InChI is InChI=1S/C23H30N2O3/c1-23(2,3)28-22(27)25(4)17-21(26)24-16-15-20(18-11-7-5-8-12-18)19-13-9-6-10-14-19/h5-14,20H,15-17H2,1-4H3,(H,24,26). The van der Waals surface area contributed by atoms with Crippen molar-refractivity contribution in [1.29, 1.82) is 0 Å². The summed E-state index contributed by atoms with van der Waals surface area (Å²) in [6, 6.07) is 20.5. The fourth-order valence-corrected chi connectivity index (χ4v) is 2.93. The van der Waals surface area contributed by atoms with Gasteiger partial charge in [0.1, 0.15) is 12.1 Å². The molecule has 0 radical (unpaired) electrons. The van der Waals surface area contributed by atoms with E-state index in [-0.39, 0.29) is 18.4 Å². The summed E-state index contributed by atoms with van der Waals surface area (Å²) in [6.07, 6.45) is 0.268. The van der Waals surface area contributed by atoms with Gasteiger partial charge in [-0.1, -0.05) is 60.7 Å². The summed E-state index contributed by atoms with van der Waals surface area (Å²) in [6.45, 7) is 5.88. The highest BCUT2D eigenvalue weighted by Crippen LogP contribution is 2.27. The first kappa shape index (κ1) is 21.5. The maximum atomic E-state index is 12.2. The van der Waals surface area contributed by atoms with Crippen LogP contribution in [0.25, 0.3) is 0 Å². The third kappa shape index (κ3) is 7.06. The van der Waals surface area contributed by atoms with Crippen molar-refractivity contribution in [3.05, 3.63) is 71.8 Å². The van der Waals surface area contributed by atoms with Gasteiger partial charge in [-0.05, 0) is 38.3 Å². The fraction of sp³-hybridized carbons (Fsp3) is 0.391. The summed E-state index contributed by atoms with van der Waals surface area (Å²) < 4.78 is 5.27. The molecular formula is C23H30N2O3. The number of ether oxygens (including phenoxy) is 1. The number of nitrogens with one attached hydrogen (secondary N) is 1. The van der Waals surface area contributed by atoms with Gasteiger partial charge in [0.25, 0.3) is 0 Å². The molecule has 0 aromatic heterocycles. The van der Waals surface area contributed by atoms with Crippen LogP contribution in [0.3, 0.4) is 0 Å². The van der Waals surface area contributed by atoms with Crippen molar-refractivity contribution >= 4 is 12.0 Å². The minimum atomic E-state index is -0.583. The Morgan fingerprint density at radius 1 is 0.964 bits per heavy atom. The van der Waals surface area contributed by atoms with Gasteiger partial charge in [-0.25, -0.2) is 4.79 Å². The molecule has 5 heteroatoms. The highest BCUT2D eigenvalue weighted by Gasteiger charge is 2.21. The maximum absolute atomic E-state index is 12.2. The molecule has 0 fully saturated rings. The molecule has 0 saturated carbocycles. The second kappa shape index (κ2) is 9.93. The lowest BCUT2D eigenvalue weighted by Crippen LogP contribution is -2.41. The minimum Gasteiger partial charge on any atom is -0.444 e. The van der Waals surface area contributed by atoms with Gasteiger partial charge in [0.15, 0.2) is 0 Å². The van der Waals surface area contributed by atoms with Crippen molar-refractivity contribution in [3.63, 3.8) is 0 Å². The topological polar surface area (TPSA) is 58.6 Å². The molecule has 2 aromatic rings. The van der Waals surface area contributed by atoms with Crippen molar-refractivity contribution in [2.45, 2.75) is 38.7 Å². The van der Waals surface area contributed by atoms with Crippen molar-refractivity contribution in [2.75, 3.05) is 20.1 Å². The van der Waals surface area contributed by atoms with E-state index in [4.69, 9.17) is 4.74 Å². The zero-order chi connectivity index (χ0) is 20.6. The second-order valence-corrected chi connectivity index (χ2v) is 7.85. The van der Waals surface area contributed by atoms with Gasteiger partial charge in [0.05, 0.1) is 0 Å². The highest BCUT2D eigenvalue weighted by atomic mass is 16.6. The van der Waals surface area contributed by atoms with E-state index in [0.717, 1.165) is 6.42 Å². The molecule has 0 aliphatic heterocycles. The van der Waals surface area contributed by atoms with Crippen LogP contribution in [-0.4, -0.2) is 42.6 Å². The van der Waals surface area contributed by atoms with Crippen LogP contribution in [-0.2, 0) is 9.53 Å². The Balaban J connectivity index is 1.90. The van der Waals surface area contributed by atoms with Crippen LogP contribution < -0.4 is 5.32 Å². The molecule has 0 unspecified atom stereocenters. The number of carbonyl (C=O) groups excluding carboxylic acids is 2. The Kier molecular flexibility index (Phi) is 7.61. The van der Waals surface area contributed by atoms with Gasteiger partial charge in [0.2, 0.25) is 5.91 Å². The number of benzene rings is 2. The molecule has 28 heavy (non-hydrogen) atoms. The second-order valence-electron chi connectivity index (χ2n) is 7.85. The Bertz CT molecular complexity index is 715. The fourth-order valence-electron chi connectivity index (χ4n) is 2.93. The highest BCUT2D eigenvalue weighted by molar-refractivity contribution is 5.82. The number of rotatable bonds is 7. The lowest BCUT2D eigenvalue weighted by atomic mass is 9.88. The minimum absolute atomic E-state index is 0.0315. The van der Waals surface area contributed by atoms with Crippen LogP contribution in [0.4, 0.5) is 4.79 Å². The third-order valence-electron chi connectivity index (χ3n) is 4.25. The molecule has 1 N–H and O–H groups in total. The van der Waals surface area contributed by atoms with Gasteiger partial charge < -0.3 is 15.0 Å². The molecule has 0 aliphatic rings. The number of nitrogens with zero attached hydrogens (tertiary/aromatic N) is 1. The smallest absolute Gasteiger partial charge is 0.410 e. The summed E-state index contributed by atoms with van der Waals surface area (Å²) in [5.74, 6) is -0.000446. The third-order valence-corrected chi connectivity index (χ3v) is 4.25. The summed E-state index contributed by atoms with van der Waals surface area (Å²) in [5, 5.41) is 2.91. The van der Waals surface area contributed by atoms with E-state index in [1.807, 2.05) is 36.4 Å². The SMILES string of the molecule is CN(CC(=O)NCCC(c1ccccc1)c1ccccc1)C(=O)OC(C)(C)C. The number of likely N-dealkylation sites (N-methyl/N-ethyl adjacent to an activating group) is 1. The zero-order valence-corrected chi connectivity index (χ0v) is 17.1. The van der Waals surface area contributed by atoms with Crippen LogP contribution in [0, 0.1) is 0 Å². The molecule has 5 nitrogen and oxygen atoms in total.